The maximum atomic E-state index is 10.0. The second kappa shape index (κ2) is 25.7. The fraction of sp³-hybridized carbons (Fsp3) is 0.400. The number of carbonyl (C=O) groups excluding carboxylic acids is 2. The second-order valence-corrected chi connectivity index (χ2v) is 2.79. The van der Waals surface area contributed by atoms with Crippen molar-refractivity contribution < 1.29 is 63.4 Å². The van der Waals surface area contributed by atoms with Gasteiger partial charge in [-0.1, -0.05) is 0 Å². The van der Waals surface area contributed by atoms with Crippen LogP contribution in [0.3, 0.4) is 0 Å². The number of hydrogen-bond acceptors (Lipinski definition) is 4. The normalized spacial score (nSPS) is 8.42. The van der Waals surface area contributed by atoms with E-state index in [-0.39, 0.29) is 66.7 Å². The number of ketones is 2. The van der Waals surface area contributed by atoms with Crippen molar-refractivity contribution >= 4 is 11.6 Å². The molecule has 0 aliphatic carbocycles. The van der Waals surface area contributed by atoms with Crippen molar-refractivity contribution in [3.8, 4) is 0 Å². The first kappa shape index (κ1) is 43.0. The first-order valence-corrected chi connectivity index (χ1v) is 4.01. The molecular weight excluding hydrogens is 296 g/mol. The molecule has 0 heterocycles. The Balaban J connectivity index is -0.0000000240. The molecule has 8 nitrogen and oxygen atoms in total. The maximum Gasteiger partial charge on any atom is 0.155 e. The van der Waals surface area contributed by atoms with E-state index >= 15 is 0 Å². The zero-order chi connectivity index (χ0) is 11.7. The predicted molar refractivity (Wildman–Crippen MR) is 68.6 cm³/mol. The van der Waals surface area contributed by atoms with Crippen molar-refractivity contribution in [3.63, 3.8) is 0 Å². The molecule has 0 unspecified atom stereocenters. The van der Waals surface area contributed by atoms with Crippen molar-refractivity contribution in [2.45, 2.75) is 27.7 Å². The van der Waals surface area contributed by atoms with E-state index in [1.165, 1.54) is 39.8 Å². The molecule has 19 heavy (non-hydrogen) atoms. The van der Waals surface area contributed by atoms with Gasteiger partial charge in [-0.25, -0.2) is 0 Å². The van der Waals surface area contributed by atoms with Crippen LogP contribution < -0.4 is 0 Å². The van der Waals surface area contributed by atoms with E-state index in [9.17, 15) is 9.59 Å². The van der Waals surface area contributed by atoms with Crippen LogP contribution in [0, 0.1) is 0 Å². The Morgan fingerprint density at radius 1 is 0.684 bits per heavy atom. The van der Waals surface area contributed by atoms with E-state index in [0.29, 0.717) is 0 Å². The summed E-state index contributed by atoms with van der Waals surface area (Å²) in [7, 11) is 0. The fourth-order valence-corrected chi connectivity index (χ4v) is 0.588. The molecule has 0 aromatic rings. The van der Waals surface area contributed by atoms with E-state index in [4.69, 9.17) is 10.2 Å². The van der Waals surface area contributed by atoms with Gasteiger partial charge in [-0.15, -0.1) is 0 Å². The van der Waals surface area contributed by atoms with E-state index in [1.54, 1.807) is 0 Å². The van der Waals surface area contributed by atoms with Crippen molar-refractivity contribution in [2.24, 2.45) is 0 Å². The SMILES string of the molecule is CC(=O)/C=C(/C)O.CC(=O)/C=C(/C)O.O.O.O.O.[Ti]. The minimum Gasteiger partial charge on any atom is -0.512 e. The van der Waals surface area contributed by atoms with Crippen molar-refractivity contribution in [2.75, 3.05) is 0 Å². The summed E-state index contributed by atoms with van der Waals surface area (Å²) in [6, 6.07) is 0. The van der Waals surface area contributed by atoms with Gasteiger partial charge in [-0.05, 0) is 27.7 Å². The summed E-state index contributed by atoms with van der Waals surface area (Å²) in [5, 5.41) is 16.7. The van der Waals surface area contributed by atoms with Crippen LogP contribution in [-0.2, 0) is 31.3 Å². The monoisotopic (exact) mass is 320 g/mol. The zero-order valence-corrected chi connectivity index (χ0v) is 12.9. The van der Waals surface area contributed by atoms with Gasteiger partial charge in [-0.2, -0.15) is 0 Å². The molecule has 0 bridgehead atoms. The molecule has 0 saturated carbocycles. The summed E-state index contributed by atoms with van der Waals surface area (Å²) < 4.78 is 0. The zero-order valence-electron chi connectivity index (χ0n) is 11.4. The summed E-state index contributed by atoms with van der Waals surface area (Å²) in [4.78, 5) is 20.0. The van der Waals surface area contributed by atoms with Crippen LogP contribution in [0.5, 0.6) is 0 Å². The van der Waals surface area contributed by atoms with Gasteiger partial charge < -0.3 is 32.1 Å². The molecule has 0 amide bonds. The molecule has 0 radical (unpaired) electrons. The molecular formula is C10H24O8Ti. The van der Waals surface area contributed by atoms with Gasteiger partial charge >= 0.3 is 0 Å². The Bertz CT molecular complexity index is 237. The number of carbonyl (C=O) groups is 2. The molecule has 9 heteroatoms. The summed E-state index contributed by atoms with van der Waals surface area (Å²) >= 11 is 0. The second-order valence-electron chi connectivity index (χ2n) is 2.79. The minimum atomic E-state index is -0.125. The molecule has 0 fully saturated rings. The molecule has 0 aromatic heterocycles. The summed E-state index contributed by atoms with van der Waals surface area (Å²) in [6.07, 6.45) is 2.33. The van der Waals surface area contributed by atoms with Crippen LogP contribution in [0.4, 0.5) is 0 Å². The molecule has 0 rings (SSSR count). The van der Waals surface area contributed by atoms with Crippen LogP contribution in [0.2, 0.25) is 0 Å². The quantitative estimate of drug-likeness (QED) is 0.364. The third kappa shape index (κ3) is 78.2. The topological polar surface area (TPSA) is 201 Å². The fourth-order valence-electron chi connectivity index (χ4n) is 0.588. The van der Waals surface area contributed by atoms with Gasteiger partial charge in [0.2, 0.25) is 0 Å². The van der Waals surface area contributed by atoms with Crippen LogP contribution >= 0.6 is 0 Å². The third-order valence-electron chi connectivity index (χ3n) is 0.824. The van der Waals surface area contributed by atoms with Crippen molar-refractivity contribution in [3.05, 3.63) is 23.7 Å². The minimum absolute atomic E-state index is 0. The molecule has 0 aliphatic rings. The first-order chi connectivity index (χ1) is 6.25. The van der Waals surface area contributed by atoms with E-state index in [2.05, 4.69) is 0 Å². The van der Waals surface area contributed by atoms with E-state index in [0.717, 1.165) is 0 Å². The van der Waals surface area contributed by atoms with Gasteiger partial charge in [0, 0.05) is 33.9 Å². The average Bonchev–Trinajstić information content (AvgIpc) is 1.79. The third-order valence-corrected chi connectivity index (χ3v) is 0.824. The number of aliphatic hydroxyl groups excluding tert-OH is 2. The molecule has 116 valence electrons. The Labute approximate surface area is 126 Å². The number of rotatable bonds is 2. The van der Waals surface area contributed by atoms with Gasteiger partial charge in [-0.3, -0.25) is 9.59 Å². The van der Waals surface area contributed by atoms with Crippen LogP contribution in [0.25, 0.3) is 0 Å². The standard InChI is InChI=1S/2C5H8O2.4H2O.Ti/c2*1-4(6)3-5(2)7;;;;;/h2*3,6H,1-2H3;4*1H2;/b2*4-3-;;;;;. The smallest absolute Gasteiger partial charge is 0.155 e. The number of aliphatic hydroxyl groups is 2. The van der Waals surface area contributed by atoms with E-state index in [1.807, 2.05) is 0 Å². The van der Waals surface area contributed by atoms with Crippen LogP contribution in [-0.4, -0.2) is 43.7 Å². The summed E-state index contributed by atoms with van der Waals surface area (Å²) in [5.74, 6) is -0.125. The van der Waals surface area contributed by atoms with Gasteiger partial charge in [0.05, 0.1) is 11.5 Å². The Hall–Kier alpha value is -1.03. The largest absolute Gasteiger partial charge is 0.512 e. The molecule has 0 spiro atoms. The maximum absolute atomic E-state index is 10.0. The van der Waals surface area contributed by atoms with Crippen molar-refractivity contribution in [1.29, 1.82) is 0 Å². The number of hydrogen-bond donors (Lipinski definition) is 2. The van der Waals surface area contributed by atoms with Crippen LogP contribution in [0.1, 0.15) is 27.7 Å². The first-order valence-electron chi connectivity index (χ1n) is 4.01. The number of allylic oxidation sites excluding steroid dienone is 4. The molecule has 0 aliphatic heterocycles. The van der Waals surface area contributed by atoms with Gasteiger partial charge in [0.15, 0.2) is 11.6 Å². The van der Waals surface area contributed by atoms with E-state index < -0.39 is 0 Å². The molecule has 0 aromatic carbocycles. The molecule has 10 N–H and O–H groups in total. The van der Waals surface area contributed by atoms with Gasteiger partial charge in [0.25, 0.3) is 0 Å². The predicted octanol–water partition coefficient (Wildman–Crippen LogP) is -1.23. The van der Waals surface area contributed by atoms with Crippen molar-refractivity contribution in [1.82, 2.24) is 0 Å². The Kier molecular flexibility index (Phi) is 58.2. The molecule has 0 atom stereocenters. The molecule has 0 saturated heterocycles. The average molecular weight is 320 g/mol. The van der Waals surface area contributed by atoms with Gasteiger partial charge in [0.1, 0.15) is 0 Å². The summed E-state index contributed by atoms with van der Waals surface area (Å²) in [5.41, 5.74) is 0. The Morgan fingerprint density at radius 2 is 0.842 bits per heavy atom. The summed E-state index contributed by atoms with van der Waals surface area (Å²) in [6.45, 7) is 5.70. The van der Waals surface area contributed by atoms with Crippen LogP contribution in [0.15, 0.2) is 23.7 Å². The Morgan fingerprint density at radius 3 is 0.842 bits per heavy atom.